The van der Waals surface area contributed by atoms with Crippen LogP contribution in [0.2, 0.25) is 0 Å². The maximum Gasteiger partial charge on any atom is 0.341 e. The third kappa shape index (κ3) is 9.14. The minimum atomic E-state index is -0.962. The second-order valence-electron chi connectivity index (χ2n) is 8.15. The summed E-state index contributed by atoms with van der Waals surface area (Å²) < 4.78 is 10.9. The van der Waals surface area contributed by atoms with E-state index in [0.717, 1.165) is 48.8 Å². The molecule has 0 radical (unpaired) electrons. The van der Waals surface area contributed by atoms with Crippen LogP contribution in [-0.2, 0) is 16.0 Å². The molecule has 0 aromatic heterocycles. The van der Waals surface area contributed by atoms with Crippen LogP contribution < -0.4 is 14.8 Å². The number of nitrogens with one attached hydrogen (secondary N) is 1. The van der Waals surface area contributed by atoms with Gasteiger partial charge >= 0.3 is 5.97 Å². The van der Waals surface area contributed by atoms with Crippen molar-refractivity contribution >= 4 is 11.9 Å². The lowest BCUT2D eigenvalue weighted by atomic mass is 10.1. The molecule has 0 aliphatic carbocycles. The fourth-order valence-corrected chi connectivity index (χ4v) is 3.52. The van der Waals surface area contributed by atoms with Gasteiger partial charge in [0.25, 0.3) is 0 Å². The minimum Gasteiger partial charge on any atom is -0.482 e. The van der Waals surface area contributed by atoms with E-state index in [4.69, 9.17) is 14.6 Å². The molecular weight excluding hydrogens is 444 g/mol. The van der Waals surface area contributed by atoms with Gasteiger partial charge in [0, 0.05) is 32.6 Å². The van der Waals surface area contributed by atoms with Crippen LogP contribution in [0.15, 0.2) is 78.9 Å². The number of carboxylic acids is 1. The number of ether oxygens (including phenoxy) is 2. The Kier molecular flexibility index (Phi) is 10.1. The number of carbonyl (C=O) groups excluding carboxylic acids is 1. The van der Waals surface area contributed by atoms with Crippen LogP contribution in [0, 0.1) is 6.92 Å². The zero-order valence-corrected chi connectivity index (χ0v) is 20.0. The molecular formula is C28H32N2O5. The van der Waals surface area contributed by atoms with E-state index in [2.05, 4.69) is 5.32 Å². The lowest BCUT2D eigenvalue weighted by Gasteiger charge is -2.27. The van der Waals surface area contributed by atoms with Gasteiger partial charge in [-0.05, 0) is 49.2 Å². The first-order chi connectivity index (χ1) is 17.0. The first-order valence-corrected chi connectivity index (χ1v) is 11.7. The van der Waals surface area contributed by atoms with E-state index in [1.54, 1.807) is 12.1 Å². The van der Waals surface area contributed by atoms with Gasteiger partial charge in [0.15, 0.2) is 6.61 Å². The number of hydrogen-bond acceptors (Lipinski definition) is 5. The van der Waals surface area contributed by atoms with Crippen molar-refractivity contribution in [3.63, 3.8) is 0 Å². The second kappa shape index (κ2) is 13.8. The van der Waals surface area contributed by atoms with Gasteiger partial charge < -0.3 is 24.8 Å². The highest BCUT2D eigenvalue weighted by atomic mass is 16.5. The third-order valence-electron chi connectivity index (χ3n) is 5.40. The second-order valence-corrected chi connectivity index (χ2v) is 8.15. The van der Waals surface area contributed by atoms with E-state index in [9.17, 15) is 9.59 Å². The van der Waals surface area contributed by atoms with E-state index in [1.165, 1.54) is 0 Å². The Labute approximate surface area is 206 Å². The van der Waals surface area contributed by atoms with Crippen molar-refractivity contribution in [3.8, 4) is 17.2 Å². The van der Waals surface area contributed by atoms with Gasteiger partial charge in [0.1, 0.15) is 17.2 Å². The van der Waals surface area contributed by atoms with Gasteiger partial charge in [-0.1, -0.05) is 54.1 Å². The van der Waals surface area contributed by atoms with Gasteiger partial charge in [0.2, 0.25) is 5.91 Å². The van der Waals surface area contributed by atoms with Crippen molar-refractivity contribution in [2.75, 3.05) is 32.8 Å². The Morgan fingerprint density at radius 3 is 2.23 bits per heavy atom. The van der Waals surface area contributed by atoms with Gasteiger partial charge in [-0.3, -0.25) is 4.79 Å². The Hall–Kier alpha value is -3.84. The van der Waals surface area contributed by atoms with E-state index in [0.29, 0.717) is 18.6 Å². The van der Waals surface area contributed by atoms with Crippen molar-refractivity contribution in [1.82, 2.24) is 10.2 Å². The largest absolute Gasteiger partial charge is 0.482 e. The summed E-state index contributed by atoms with van der Waals surface area (Å²) in [5.74, 6) is 1.49. The van der Waals surface area contributed by atoms with Gasteiger partial charge in [0.05, 0.1) is 0 Å². The maximum atomic E-state index is 12.3. The molecule has 3 aromatic rings. The molecule has 2 N–H and O–H groups in total. The zero-order chi connectivity index (χ0) is 24.9. The Balaban J connectivity index is 0.000000241. The molecule has 0 spiro atoms. The highest BCUT2D eigenvalue weighted by molar-refractivity contribution is 5.76. The number of aryl methyl sites for hydroxylation is 2. The normalized spacial score (nSPS) is 12.8. The summed E-state index contributed by atoms with van der Waals surface area (Å²) in [6.07, 6.45) is 1.22. The number of para-hydroxylation sites is 2. The monoisotopic (exact) mass is 476 g/mol. The average molecular weight is 477 g/mol. The van der Waals surface area contributed by atoms with E-state index in [1.807, 2.05) is 78.6 Å². The Morgan fingerprint density at radius 2 is 1.54 bits per heavy atom. The average Bonchev–Trinajstić information content (AvgIpc) is 2.89. The van der Waals surface area contributed by atoms with Crippen molar-refractivity contribution in [1.29, 1.82) is 0 Å². The quantitative estimate of drug-likeness (QED) is 0.504. The van der Waals surface area contributed by atoms with Gasteiger partial charge in [-0.15, -0.1) is 0 Å². The number of carbonyl (C=O) groups is 2. The molecule has 1 saturated heterocycles. The molecule has 0 unspecified atom stereocenters. The number of rotatable bonds is 8. The molecule has 3 aromatic carbocycles. The predicted molar refractivity (Wildman–Crippen MR) is 135 cm³/mol. The van der Waals surface area contributed by atoms with E-state index in [-0.39, 0.29) is 12.5 Å². The molecule has 0 atom stereocenters. The number of carboxylic acid groups (broad SMARTS) is 1. The molecule has 1 amide bonds. The number of piperazine rings is 1. The minimum absolute atomic E-state index is 0.223. The molecule has 7 heteroatoms. The highest BCUT2D eigenvalue weighted by Gasteiger charge is 2.16. The smallest absolute Gasteiger partial charge is 0.341 e. The lowest BCUT2D eigenvalue weighted by molar-refractivity contribution is -0.139. The van der Waals surface area contributed by atoms with Crippen molar-refractivity contribution < 1.29 is 24.2 Å². The standard InChI is InChI=1S/C19H22N2O2.C9H10O3/c22-19(21-14-12-20-13-15-21)11-10-16-6-4-5-9-18(16)23-17-7-2-1-3-8-17;1-7-2-4-8(5-3-7)12-6-9(10)11/h1-9,20H,10-15H2;2-5H,6H2,1H3,(H,10,11). The van der Waals surface area contributed by atoms with Crippen LogP contribution in [0.3, 0.4) is 0 Å². The molecule has 1 fully saturated rings. The molecule has 35 heavy (non-hydrogen) atoms. The van der Waals surface area contributed by atoms with E-state index < -0.39 is 5.97 Å². The fraction of sp³-hybridized carbons (Fsp3) is 0.286. The Morgan fingerprint density at radius 1 is 0.886 bits per heavy atom. The summed E-state index contributed by atoms with van der Waals surface area (Å²) in [5, 5.41) is 11.6. The number of aliphatic carboxylic acids is 1. The van der Waals surface area contributed by atoms with E-state index >= 15 is 0 Å². The molecule has 1 aliphatic rings. The number of amides is 1. The number of hydrogen-bond donors (Lipinski definition) is 2. The topological polar surface area (TPSA) is 88.1 Å². The molecule has 184 valence electrons. The van der Waals surface area contributed by atoms with Crippen molar-refractivity contribution in [2.45, 2.75) is 19.8 Å². The summed E-state index contributed by atoms with van der Waals surface area (Å²) in [5.41, 5.74) is 2.19. The molecule has 7 nitrogen and oxygen atoms in total. The van der Waals surface area contributed by atoms with Crippen LogP contribution in [-0.4, -0.2) is 54.7 Å². The van der Waals surface area contributed by atoms with Crippen LogP contribution in [0.5, 0.6) is 17.2 Å². The summed E-state index contributed by atoms with van der Waals surface area (Å²) in [6, 6.07) is 24.9. The first kappa shape index (κ1) is 25.8. The summed E-state index contributed by atoms with van der Waals surface area (Å²) in [7, 11) is 0. The highest BCUT2D eigenvalue weighted by Crippen LogP contribution is 2.26. The third-order valence-corrected chi connectivity index (χ3v) is 5.40. The van der Waals surface area contributed by atoms with Crippen LogP contribution >= 0.6 is 0 Å². The number of benzene rings is 3. The van der Waals surface area contributed by atoms with Crippen molar-refractivity contribution in [2.24, 2.45) is 0 Å². The molecule has 1 aliphatic heterocycles. The van der Waals surface area contributed by atoms with Crippen LogP contribution in [0.4, 0.5) is 0 Å². The summed E-state index contributed by atoms with van der Waals surface area (Å²) in [6.45, 7) is 5.06. The van der Waals surface area contributed by atoms with Crippen LogP contribution in [0.1, 0.15) is 17.5 Å². The molecule has 0 saturated carbocycles. The van der Waals surface area contributed by atoms with Gasteiger partial charge in [-0.25, -0.2) is 4.79 Å². The lowest BCUT2D eigenvalue weighted by Crippen LogP contribution is -2.46. The zero-order valence-electron chi connectivity index (χ0n) is 20.0. The summed E-state index contributed by atoms with van der Waals surface area (Å²) >= 11 is 0. The van der Waals surface area contributed by atoms with Crippen LogP contribution in [0.25, 0.3) is 0 Å². The van der Waals surface area contributed by atoms with Gasteiger partial charge in [-0.2, -0.15) is 0 Å². The summed E-state index contributed by atoms with van der Waals surface area (Å²) in [4.78, 5) is 24.4. The molecule has 4 rings (SSSR count). The SMILES string of the molecule is Cc1ccc(OCC(=O)O)cc1.O=C(CCc1ccccc1Oc1ccccc1)N1CCNCC1. The maximum absolute atomic E-state index is 12.3. The predicted octanol–water partition coefficient (Wildman–Crippen LogP) is 4.30. The molecule has 0 bridgehead atoms. The fourth-order valence-electron chi connectivity index (χ4n) is 3.52. The Bertz CT molecular complexity index is 1060. The first-order valence-electron chi connectivity index (χ1n) is 11.7. The van der Waals surface area contributed by atoms with Crippen molar-refractivity contribution in [3.05, 3.63) is 90.0 Å². The number of nitrogens with zero attached hydrogens (tertiary/aromatic N) is 1. The molecule has 1 heterocycles.